The summed E-state index contributed by atoms with van der Waals surface area (Å²) < 4.78 is 10.5. The molecule has 0 bridgehead atoms. The highest BCUT2D eigenvalue weighted by molar-refractivity contribution is 6.44. The van der Waals surface area contributed by atoms with Crippen LogP contribution in [0.5, 0.6) is 0 Å². The van der Waals surface area contributed by atoms with E-state index in [-0.39, 0.29) is 23.8 Å². The van der Waals surface area contributed by atoms with Gasteiger partial charge in [0.2, 0.25) is 0 Å². The molecule has 0 aliphatic heterocycles. The highest BCUT2D eigenvalue weighted by Crippen LogP contribution is 2.45. The summed E-state index contributed by atoms with van der Waals surface area (Å²) in [5, 5.41) is 2.54. The first kappa shape index (κ1) is 23.4. The lowest BCUT2D eigenvalue weighted by Gasteiger charge is -2.40. The molecule has 0 atom stereocenters. The minimum Gasteiger partial charge on any atom is -0.465 e. The highest BCUT2D eigenvalue weighted by atomic mass is 16.6. The molecule has 8 heteroatoms. The van der Waals surface area contributed by atoms with Crippen LogP contribution < -0.4 is 5.32 Å². The van der Waals surface area contributed by atoms with Crippen LogP contribution in [0.15, 0.2) is 18.2 Å². The van der Waals surface area contributed by atoms with Crippen molar-refractivity contribution in [2.24, 2.45) is 0 Å². The van der Waals surface area contributed by atoms with Crippen molar-refractivity contribution in [1.82, 2.24) is 4.90 Å². The second-order valence-electron chi connectivity index (χ2n) is 8.57. The van der Waals surface area contributed by atoms with Crippen LogP contribution in [0.4, 0.5) is 10.5 Å². The van der Waals surface area contributed by atoms with E-state index < -0.39 is 28.8 Å². The first-order chi connectivity index (χ1) is 13.9. The third-order valence-electron chi connectivity index (χ3n) is 4.93. The van der Waals surface area contributed by atoms with E-state index in [9.17, 15) is 19.2 Å². The zero-order valence-corrected chi connectivity index (χ0v) is 18.5. The number of esters is 1. The third kappa shape index (κ3) is 4.98. The van der Waals surface area contributed by atoms with Crippen molar-refractivity contribution < 1.29 is 28.7 Å². The molecule has 0 radical (unpaired) electrons. The maximum Gasteiger partial charge on any atom is 0.412 e. The van der Waals surface area contributed by atoms with Crippen LogP contribution in [0.1, 0.15) is 62.9 Å². The molecule has 0 heterocycles. The molecule has 0 spiro atoms. The Hall–Kier alpha value is -2.90. The number of Topliss-reactive ketones (excluding diaryl/α,β-unsaturated/α-hetero) is 1. The zero-order chi connectivity index (χ0) is 22.7. The average Bonchev–Trinajstić information content (AvgIpc) is 2.59. The zero-order valence-electron chi connectivity index (χ0n) is 18.5. The molecule has 0 saturated heterocycles. The fraction of sp³-hybridized carbons (Fsp3) is 0.545. The summed E-state index contributed by atoms with van der Waals surface area (Å²) in [4.78, 5) is 51.2. The first-order valence-corrected chi connectivity index (χ1v) is 9.99. The summed E-state index contributed by atoms with van der Waals surface area (Å²) in [7, 11) is 2.94. The van der Waals surface area contributed by atoms with Crippen molar-refractivity contribution in [2.75, 3.05) is 26.0 Å². The minimum atomic E-state index is -0.837. The van der Waals surface area contributed by atoms with Crippen molar-refractivity contribution >= 4 is 29.4 Å². The van der Waals surface area contributed by atoms with Gasteiger partial charge in [-0.25, -0.2) is 4.79 Å². The molecule has 1 N–H and O–H groups in total. The molecule has 0 unspecified atom stereocenters. The third-order valence-corrected chi connectivity index (χ3v) is 4.93. The van der Waals surface area contributed by atoms with Crippen LogP contribution >= 0.6 is 0 Å². The monoisotopic (exact) mass is 418 g/mol. The van der Waals surface area contributed by atoms with Crippen LogP contribution in [0, 0.1) is 0 Å². The number of benzene rings is 1. The quantitative estimate of drug-likeness (QED) is 0.432. The van der Waals surface area contributed by atoms with Crippen molar-refractivity contribution in [3.8, 4) is 0 Å². The maximum absolute atomic E-state index is 12.9. The number of rotatable bonds is 6. The van der Waals surface area contributed by atoms with Gasteiger partial charge in [-0.15, -0.1) is 0 Å². The number of amides is 2. The van der Waals surface area contributed by atoms with Gasteiger partial charge in [0, 0.05) is 14.1 Å². The molecule has 164 valence electrons. The van der Waals surface area contributed by atoms with E-state index in [0.717, 1.165) is 11.3 Å². The lowest BCUT2D eigenvalue weighted by atomic mass is 9.64. The number of hydrogen-bond donors (Lipinski definition) is 1. The van der Waals surface area contributed by atoms with Gasteiger partial charge < -0.3 is 14.4 Å². The molecule has 1 aromatic carbocycles. The van der Waals surface area contributed by atoms with Crippen molar-refractivity contribution in [3.05, 3.63) is 29.3 Å². The van der Waals surface area contributed by atoms with E-state index in [1.807, 2.05) is 0 Å². The van der Waals surface area contributed by atoms with Crippen LogP contribution in [0.25, 0.3) is 0 Å². The maximum atomic E-state index is 12.9. The first-order valence-electron chi connectivity index (χ1n) is 9.99. The van der Waals surface area contributed by atoms with Gasteiger partial charge in [-0.1, -0.05) is 12.5 Å². The second kappa shape index (κ2) is 8.85. The van der Waals surface area contributed by atoms with Gasteiger partial charge in [0.15, 0.2) is 0 Å². The van der Waals surface area contributed by atoms with Gasteiger partial charge in [0.1, 0.15) is 5.60 Å². The van der Waals surface area contributed by atoms with Crippen LogP contribution in [-0.2, 0) is 24.5 Å². The number of likely N-dealkylation sites (N-methyl/N-ethyl adjacent to an activating group) is 1. The lowest BCUT2D eigenvalue weighted by Crippen LogP contribution is -2.44. The molecular weight excluding hydrogens is 388 g/mol. The number of carbonyl (C=O) groups excluding carboxylic acids is 4. The number of hydrogen-bond acceptors (Lipinski definition) is 6. The number of nitrogens with zero attached hydrogens (tertiary/aromatic N) is 1. The van der Waals surface area contributed by atoms with Gasteiger partial charge in [-0.2, -0.15) is 0 Å². The number of nitrogens with one attached hydrogen (secondary N) is 1. The summed E-state index contributed by atoms with van der Waals surface area (Å²) in [5.41, 5.74) is -0.819. The number of ketones is 1. The Labute approximate surface area is 176 Å². The molecular formula is C22H30N2O6. The normalized spacial score (nSPS) is 14.9. The van der Waals surface area contributed by atoms with E-state index in [1.165, 1.54) is 26.2 Å². The topological polar surface area (TPSA) is 102 Å². The summed E-state index contributed by atoms with van der Waals surface area (Å²) in [6.45, 7) is 7.15. The minimum absolute atomic E-state index is 0.00707. The number of anilines is 1. The predicted molar refractivity (Wildman–Crippen MR) is 111 cm³/mol. The van der Waals surface area contributed by atoms with Crippen molar-refractivity contribution in [2.45, 2.75) is 58.0 Å². The molecule has 1 aromatic rings. The smallest absolute Gasteiger partial charge is 0.412 e. The molecule has 1 saturated carbocycles. The van der Waals surface area contributed by atoms with Gasteiger partial charge >= 0.3 is 12.1 Å². The molecule has 1 fully saturated rings. The van der Waals surface area contributed by atoms with Crippen LogP contribution in [-0.4, -0.2) is 55.0 Å². The Balaban J connectivity index is 2.48. The summed E-state index contributed by atoms with van der Waals surface area (Å²) >= 11 is 0. The van der Waals surface area contributed by atoms with Crippen LogP contribution in [0.3, 0.4) is 0 Å². The van der Waals surface area contributed by atoms with Gasteiger partial charge in [0.05, 0.1) is 23.3 Å². The molecule has 1 aliphatic carbocycles. The molecule has 30 heavy (non-hydrogen) atoms. The molecule has 1 aliphatic rings. The summed E-state index contributed by atoms with van der Waals surface area (Å²) in [6.07, 6.45) is 1.31. The highest BCUT2D eigenvalue weighted by Gasteiger charge is 2.47. The molecule has 2 amide bonds. The van der Waals surface area contributed by atoms with E-state index in [2.05, 4.69) is 5.32 Å². The van der Waals surface area contributed by atoms with E-state index in [4.69, 9.17) is 9.47 Å². The Morgan fingerprint density at radius 1 is 1.13 bits per heavy atom. The fourth-order valence-electron chi connectivity index (χ4n) is 3.28. The van der Waals surface area contributed by atoms with E-state index in [1.54, 1.807) is 33.8 Å². The SMILES string of the molecule is CCOC(=O)C1(c2ccc(NC(=O)OC(C)(C)C)c(C(=O)C(=O)N(C)C)c2)CCC1. The van der Waals surface area contributed by atoms with Crippen molar-refractivity contribution in [3.63, 3.8) is 0 Å². The molecule has 8 nitrogen and oxygen atoms in total. The number of ether oxygens (including phenoxy) is 2. The summed E-state index contributed by atoms with van der Waals surface area (Å²) in [5.74, 6) is -1.87. The fourth-order valence-corrected chi connectivity index (χ4v) is 3.28. The van der Waals surface area contributed by atoms with Gasteiger partial charge in [-0.3, -0.25) is 19.7 Å². The van der Waals surface area contributed by atoms with Crippen molar-refractivity contribution in [1.29, 1.82) is 0 Å². The molecule has 2 rings (SSSR count). The Kier molecular flexibility index (Phi) is 6.90. The number of carbonyl (C=O) groups is 4. The second-order valence-corrected chi connectivity index (χ2v) is 8.57. The Bertz CT molecular complexity index is 850. The van der Waals surface area contributed by atoms with E-state index in [0.29, 0.717) is 18.4 Å². The predicted octanol–water partition coefficient (Wildman–Crippen LogP) is 3.29. The average molecular weight is 418 g/mol. The Morgan fingerprint density at radius 3 is 2.23 bits per heavy atom. The van der Waals surface area contributed by atoms with Crippen LogP contribution in [0.2, 0.25) is 0 Å². The van der Waals surface area contributed by atoms with E-state index >= 15 is 0 Å². The Morgan fingerprint density at radius 2 is 1.77 bits per heavy atom. The molecule has 0 aromatic heterocycles. The van der Waals surface area contributed by atoms with Gasteiger partial charge in [-0.05, 0) is 58.2 Å². The largest absolute Gasteiger partial charge is 0.465 e. The standard InChI is InChI=1S/C22H30N2O6/c1-7-29-19(27)22(11-8-12-22)14-9-10-16(23-20(28)30-21(2,3)4)15(13-14)17(25)18(26)24(5)6/h9-10,13H,7-8,11-12H2,1-6H3,(H,23,28). The lowest BCUT2D eigenvalue weighted by molar-refractivity contribution is -0.153. The van der Waals surface area contributed by atoms with Gasteiger partial charge in [0.25, 0.3) is 11.7 Å². The summed E-state index contributed by atoms with van der Waals surface area (Å²) in [6, 6.07) is 4.71.